The monoisotopic (exact) mass is 305 g/mol. The van der Waals surface area contributed by atoms with Gasteiger partial charge < -0.3 is 5.32 Å². The fourth-order valence-corrected chi connectivity index (χ4v) is 1.96. The van der Waals surface area contributed by atoms with E-state index >= 15 is 0 Å². The number of halogens is 4. The van der Waals surface area contributed by atoms with Gasteiger partial charge in [0.15, 0.2) is 0 Å². The molecule has 1 unspecified atom stereocenters. The quantitative estimate of drug-likeness (QED) is 0.606. The number of amides is 1. The van der Waals surface area contributed by atoms with Gasteiger partial charge in [0, 0.05) is 11.6 Å². The molecule has 0 aromatic heterocycles. The summed E-state index contributed by atoms with van der Waals surface area (Å²) in [6, 6.07) is 2.13. The highest BCUT2D eigenvalue weighted by Crippen LogP contribution is 2.31. The van der Waals surface area contributed by atoms with Crippen molar-refractivity contribution in [2.75, 3.05) is 0 Å². The zero-order valence-electron chi connectivity index (χ0n) is 12.1. The summed E-state index contributed by atoms with van der Waals surface area (Å²) >= 11 is 0. The van der Waals surface area contributed by atoms with E-state index in [-0.39, 0.29) is 11.6 Å². The Kier molecular flexibility index (Phi) is 6.18. The lowest BCUT2D eigenvalue weighted by molar-refractivity contribution is -0.140. The lowest BCUT2D eigenvalue weighted by atomic mass is 10.1. The molecule has 0 aliphatic heterocycles. The molecule has 1 aromatic carbocycles. The van der Waals surface area contributed by atoms with Gasteiger partial charge in [-0.15, -0.1) is 0 Å². The molecule has 0 spiro atoms. The zero-order chi connectivity index (χ0) is 16.0. The van der Waals surface area contributed by atoms with Crippen LogP contribution in [0.2, 0.25) is 0 Å². The fraction of sp³-hybridized carbons (Fsp3) is 0.533. The van der Waals surface area contributed by atoms with Gasteiger partial charge in [0.1, 0.15) is 5.82 Å². The van der Waals surface area contributed by atoms with Crippen molar-refractivity contribution < 1.29 is 22.4 Å². The van der Waals surface area contributed by atoms with Crippen molar-refractivity contribution in [3.05, 3.63) is 35.1 Å². The fourth-order valence-electron chi connectivity index (χ4n) is 1.96. The Bertz CT molecular complexity index is 485. The number of unbranched alkanes of at least 4 members (excludes halogenated alkanes) is 2. The third-order valence-electron chi connectivity index (χ3n) is 3.15. The summed E-state index contributed by atoms with van der Waals surface area (Å²) in [6.45, 7) is 3.85. The van der Waals surface area contributed by atoms with E-state index in [2.05, 4.69) is 12.2 Å². The van der Waals surface area contributed by atoms with Crippen LogP contribution in [0.15, 0.2) is 18.2 Å². The molecule has 0 saturated carbocycles. The molecule has 0 aliphatic rings. The number of hydrogen-bond donors (Lipinski definition) is 1. The van der Waals surface area contributed by atoms with E-state index in [1.165, 1.54) is 0 Å². The molecule has 1 N–H and O–H groups in total. The minimum atomic E-state index is -4.81. The average molecular weight is 305 g/mol. The van der Waals surface area contributed by atoms with Crippen LogP contribution in [0, 0.1) is 5.82 Å². The molecule has 2 nitrogen and oxygen atoms in total. The lowest BCUT2D eigenvalue weighted by Gasteiger charge is -2.15. The molecular formula is C15H19F4NO. The Balaban J connectivity index is 2.75. The van der Waals surface area contributed by atoms with Crippen LogP contribution in [0.1, 0.15) is 55.5 Å². The van der Waals surface area contributed by atoms with E-state index in [0.29, 0.717) is 12.1 Å². The van der Waals surface area contributed by atoms with E-state index in [0.717, 1.165) is 31.7 Å². The zero-order valence-corrected chi connectivity index (χ0v) is 12.1. The molecule has 0 saturated heterocycles. The Morgan fingerprint density at radius 1 is 1.29 bits per heavy atom. The Hall–Kier alpha value is -1.59. The lowest BCUT2D eigenvalue weighted by Crippen LogP contribution is -2.32. The van der Waals surface area contributed by atoms with Crippen LogP contribution in [-0.2, 0) is 6.18 Å². The maximum Gasteiger partial charge on any atom is 0.419 e. The van der Waals surface area contributed by atoms with E-state index in [9.17, 15) is 22.4 Å². The van der Waals surface area contributed by atoms with Gasteiger partial charge in [-0.2, -0.15) is 13.2 Å². The summed E-state index contributed by atoms with van der Waals surface area (Å²) in [7, 11) is 0. The van der Waals surface area contributed by atoms with Gasteiger partial charge >= 0.3 is 6.18 Å². The molecule has 118 valence electrons. The molecule has 0 fully saturated rings. The van der Waals surface area contributed by atoms with Gasteiger partial charge in [0.05, 0.1) is 5.56 Å². The van der Waals surface area contributed by atoms with Crippen LogP contribution >= 0.6 is 0 Å². The third-order valence-corrected chi connectivity index (χ3v) is 3.15. The van der Waals surface area contributed by atoms with Crippen molar-refractivity contribution >= 4 is 5.91 Å². The topological polar surface area (TPSA) is 29.1 Å². The second kappa shape index (κ2) is 7.43. The van der Waals surface area contributed by atoms with Crippen molar-refractivity contribution in [1.82, 2.24) is 5.32 Å². The molecule has 0 aliphatic carbocycles. The molecule has 1 atom stereocenters. The van der Waals surface area contributed by atoms with Gasteiger partial charge in [0.25, 0.3) is 5.91 Å². The van der Waals surface area contributed by atoms with E-state index in [1.54, 1.807) is 6.92 Å². The van der Waals surface area contributed by atoms with E-state index in [1.807, 2.05) is 0 Å². The highest BCUT2D eigenvalue weighted by Gasteiger charge is 2.34. The number of nitrogens with one attached hydrogen (secondary N) is 1. The second-order valence-corrected chi connectivity index (χ2v) is 5.06. The predicted molar refractivity (Wildman–Crippen MR) is 72.5 cm³/mol. The average Bonchev–Trinajstić information content (AvgIpc) is 2.38. The molecule has 0 bridgehead atoms. The molecular weight excluding hydrogens is 286 g/mol. The van der Waals surface area contributed by atoms with Crippen molar-refractivity contribution in [2.45, 2.75) is 51.7 Å². The van der Waals surface area contributed by atoms with Crippen LogP contribution in [-0.4, -0.2) is 11.9 Å². The Labute approximate surface area is 121 Å². The SMILES string of the molecule is CCCCCC(C)NC(=O)c1ccc(F)c(C(F)(F)F)c1. The van der Waals surface area contributed by atoms with Crippen LogP contribution < -0.4 is 5.32 Å². The Morgan fingerprint density at radius 3 is 2.52 bits per heavy atom. The first-order valence-corrected chi connectivity index (χ1v) is 6.93. The van der Waals surface area contributed by atoms with Crippen LogP contribution in [0.3, 0.4) is 0 Å². The van der Waals surface area contributed by atoms with Gasteiger partial charge in [-0.3, -0.25) is 4.79 Å². The van der Waals surface area contributed by atoms with Crippen molar-refractivity contribution in [1.29, 1.82) is 0 Å². The first kappa shape index (κ1) is 17.5. The summed E-state index contributed by atoms with van der Waals surface area (Å²) in [4.78, 5) is 11.9. The molecule has 1 aromatic rings. The first-order chi connectivity index (χ1) is 9.75. The summed E-state index contributed by atoms with van der Waals surface area (Å²) in [5, 5.41) is 2.62. The summed E-state index contributed by atoms with van der Waals surface area (Å²) in [5.41, 5.74) is -1.61. The summed E-state index contributed by atoms with van der Waals surface area (Å²) < 4.78 is 50.9. The second-order valence-electron chi connectivity index (χ2n) is 5.06. The minimum absolute atomic E-state index is 0.136. The maximum atomic E-state index is 13.1. The van der Waals surface area contributed by atoms with Gasteiger partial charge in [0.2, 0.25) is 0 Å². The minimum Gasteiger partial charge on any atom is -0.350 e. The highest BCUT2D eigenvalue weighted by atomic mass is 19.4. The predicted octanol–water partition coefficient (Wildman–Crippen LogP) is 4.54. The van der Waals surface area contributed by atoms with Gasteiger partial charge in [-0.25, -0.2) is 4.39 Å². The molecule has 1 rings (SSSR count). The number of alkyl halides is 3. The molecule has 0 radical (unpaired) electrons. The summed E-state index contributed by atoms with van der Waals surface area (Å²) in [5.74, 6) is -2.00. The molecule has 0 heterocycles. The number of benzene rings is 1. The normalized spacial score (nSPS) is 13.0. The van der Waals surface area contributed by atoms with Gasteiger partial charge in [-0.05, 0) is 31.5 Å². The van der Waals surface area contributed by atoms with Crippen molar-refractivity contribution in [3.8, 4) is 0 Å². The van der Waals surface area contributed by atoms with Gasteiger partial charge in [-0.1, -0.05) is 26.2 Å². The molecule has 21 heavy (non-hydrogen) atoms. The largest absolute Gasteiger partial charge is 0.419 e. The number of carbonyl (C=O) groups excluding carboxylic acids is 1. The smallest absolute Gasteiger partial charge is 0.350 e. The van der Waals surface area contributed by atoms with Crippen LogP contribution in [0.4, 0.5) is 17.6 Å². The van der Waals surface area contributed by atoms with Crippen LogP contribution in [0.5, 0.6) is 0 Å². The molecule has 1 amide bonds. The van der Waals surface area contributed by atoms with E-state index < -0.39 is 23.5 Å². The number of carbonyl (C=O) groups is 1. The Morgan fingerprint density at radius 2 is 1.95 bits per heavy atom. The third kappa shape index (κ3) is 5.36. The number of rotatable bonds is 6. The summed E-state index contributed by atoms with van der Waals surface area (Å²) in [6.07, 6.45) is -1.03. The van der Waals surface area contributed by atoms with Crippen molar-refractivity contribution in [2.24, 2.45) is 0 Å². The highest BCUT2D eigenvalue weighted by molar-refractivity contribution is 5.94. The standard InChI is InChI=1S/C15H19F4NO/c1-3-4-5-6-10(2)20-14(21)11-7-8-13(16)12(9-11)15(17,18)19/h7-10H,3-6H2,1-2H3,(H,20,21). The van der Waals surface area contributed by atoms with Crippen LogP contribution in [0.25, 0.3) is 0 Å². The number of hydrogen-bond acceptors (Lipinski definition) is 1. The van der Waals surface area contributed by atoms with E-state index in [4.69, 9.17) is 0 Å². The molecule has 6 heteroatoms. The first-order valence-electron chi connectivity index (χ1n) is 6.93. The van der Waals surface area contributed by atoms with Crippen molar-refractivity contribution in [3.63, 3.8) is 0 Å². The maximum absolute atomic E-state index is 13.1.